The lowest BCUT2D eigenvalue weighted by Crippen LogP contribution is -2.20. The van der Waals surface area contributed by atoms with Gasteiger partial charge in [-0.1, -0.05) is 12.1 Å². The fraction of sp³-hybridized carbons (Fsp3) is 0.118. The molecule has 5 nitrogen and oxygen atoms in total. The second-order valence-electron chi connectivity index (χ2n) is 5.94. The predicted molar refractivity (Wildman–Crippen MR) is 90.4 cm³/mol. The highest BCUT2D eigenvalue weighted by Crippen LogP contribution is 2.40. The lowest BCUT2D eigenvalue weighted by atomic mass is 10.00. The molecule has 0 amide bonds. The van der Waals surface area contributed by atoms with Crippen molar-refractivity contribution >= 4 is 10.0 Å². The van der Waals surface area contributed by atoms with E-state index in [4.69, 9.17) is 5.14 Å². The van der Waals surface area contributed by atoms with E-state index in [0.717, 1.165) is 30.6 Å². The quantitative estimate of drug-likeness (QED) is 0.626. The van der Waals surface area contributed by atoms with Crippen LogP contribution in [0.15, 0.2) is 59.8 Å². The van der Waals surface area contributed by atoms with Crippen molar-refractivity contribution in [1.29, 1.82) is 0 Å². The molecule has 12 heteroatoms. The minimum atomic E-state index is -5.00. The molecule has 3 aromatic rings. The third-order valence-corrected chi connectivity index (χ3v) is 4.89. The van der Waals surface area contributed by atoms with Gasteiger partial charge in [-0.05, 0) is 41.5 Å². The normalized spacial score (nSPS) is 12.9. The Morgan fingerprint density at radius 3 is 1.97 bits per heavy atom. The molecule has 2 N–H and O–H groups in total. The van der Waals surface area contributed by atoms with Gasteiger partial charge in [-0.3, -0.25) is 0 Å². The minimum absolute atomic E-state index is 0.0552. The number of hydrogen-bond donors (Lipinski definition) is 1. The third-order valence-electron chi connectivity index (χ3n) is 3.97. The van der Waals surface area contributed by atoms with Crippen molar-refractivity contribution in [3.05, 3.63) is 66.0 Å². The molecule has 29 heavy (non-hydrogen) atoms. The molecule has 0 aliphatic heterocycles. The minimum Gasteiger partial charge on any atom is -0.239 e. The molecule has 3 rings (SSSR count). The van der Waals surface area contributed by atoms with E-state index >= 15 is 0 Å². The van der Waals surface area contributed by atoms with Crippen LogP contribution in [0.3, 0.4) is 0 Å². The molecule has 0 aliphatic rings. The highest BCUT2D eigenvalue weighted by atomic mass is 32.2. The Balaban J connectivity index is 2.31. The zero-order valence-corrected chi connectivity index (χ0v) is 15.0. The number of rotatable bonds is 3. The zero-order valence-electron chi connectivity index (χ0n) is 14.2. The number of alkyl halides is 6. The summed E-state index contributed by atoms with van der Waals surface area (Å²) in [6.07, 6.45) is -7.37. The molecule has 0 atom stereocenters. The van der Waals surface area contributed by atoms with E-state index in [1.807, 2.05) is 0 Å². The number of halogens is 6. The molecule has 0 unspecified atom stereocenters. The van der Waals surface area contributed by atoms with Gasteiger partial charge in [-0.15, -0.1) is 0 Å². The molecule has 2 aromatic carbocycles. The number of benzene rings is 2. The van der Waals surface area contributed by atoms with Crippen LogP contribution in [0.5, 0.6) is 0 Å². The molecule has 0 spiro atoms. The molecule has 154 valence electrons. The summed E-state index contributed by atoms with van der Waals surface area (Å²) in [5.74, 6) is 0. The summed E-state index contributed by atoms with van der Waals surface area (Å²) in [5, 5.41) is 8.77. The van der Waals surface area contributed by atoms with Gasteiger partial charge in [0, 0.05) is 12.4 Å². The highest BCUT2D eigenvalue weighted by Gasteiger charge is 2.38. The standard InChI is InChI=1S/C17H11F6N3O2S/c18-16(19,20)12-4-2-10(3-5-12)11-8-13(17(21,22)23)15(26-7-1-6-25-26)14(9-11)29(24,27)28/h1-9H,(H2,24,27,28). The summed E-state index contributed by atoms with van der Waals surface area (Å²) >= 11 is 0. The first-order valence-electron chi connectivity index (χ1n) is 7.74. The van der Waals surface area contributed by atoms with E-state index in [0.29, 0.717) is 22.9 Å². The van der Waals surface area contributed by atoms with Gasteiger partial charge in [0.05, 0.1) is 16.8 Å². The first-order chi connectivity index (χ1) is 13.3. The second-order valence-corrected chi connectivity index (χ2v) is 7.47. The van der Waals surface area contributed by atoms with Crippen LogP contribution in [0.2, 0.25) is 0 Å². The van der Waals surface area contributed by atoms with Gasteiger partial charge < -0.3 is 0 Å². The van der Waals surface area contributed by atoms with Gasteiger partial charge in [0.2, 0.25) is 10.0 Å². The summed E-state index contributed by atoms with van der Waals surface area (Å²) in [5.41, 5.74) is -3.49. The average Bonchev–Trinajstić information content (AvgIpc) is 3.13. The van der Waals surface area contributed by atoms with Crippen molar-refractivity contribution in [1.82, 2.24) is 9.78 Å². The number of nitrogens with zero attached hydrogens (tertiary/aromatic N) is 2. The van der Waals surface area contributed by atoms with E-state index in [1.54, 1.807) is 0 Å². The maximum Gasteiger partial charge on any atom is 0.418 e. The van der Waals surface area contributed by atoms with Crippen molar-refractivity contribution in [3.8, 4) is 16.8 Å². The van der Waals surface area contributed by atoms with E-state index in [2.05, 4.69) is 5.10 Å². The summed E-state index contributed by atoms with van der Waals surface area (Å²) in [4.78, 5) is -0.870. The van der Waals surface area contributed by atoms with Crippen molar-refractivity contribution in [3.63, 3.8) is 0 Å². The monoisotopic (exact) mass is 435 g/mol. The highest BCUT2D eigenvalue weighted by molar-refractivity contribution is 7.89. The van der Waals surface area contributed by atoms with E-state index in [-0.39, 0.29) is 11.1 Å². The van der Waals surface area contributed by atoms with E-state index in [9.17, 15) is 34.8 Å². The van der Waals surface area contributed by atoms with Gasteiger partial charge >= 0.3 is 12.4 Å². The smallest absolute Gasteiger partial charge is 0.239 e. The number of hydrogen-bond acceptors (Lipinski definition) is 3. The van der Waals surface area contributed by atoms with Gasteiger partial charge in [-0.25, -0.2) is 18.2 Å². The van der Waals surface area contributed by atoms with Crippen LogP contribution in [0, 0.1) is 0 Å². The molecule has 0 bridgehead atoms. The number of aromatic nitrogens is 2. The fourth-order valence-electron chi connectivity index (χ4n) is 2.70. The first-order valence-corrected chi connectivity index (χ1v) is 9.29. The van der Waals surface area contributed by atoms with E-state index in [1.165, 1.54) is 6.07 Å². The molecule has 0 fully saturated rings. The van der Waals surface area contributed by atoms with Crippen LogP contribution < -0.4 is 5.14 Å². The van der Waals surface area contributed by atoms with Crippen molar-refractivity contribution in [2.24, 2.45) is 5.14 Å². The molecule has 0 aliphatic carbocycles. The summed E-state index contributed by atoms with van der Waals surface area (Å²) in [7, 11) is -4.65. The van der Waals surface area contributed by atoms with Crippen LogP contribution >= 0.6 is 0 Å². The van der Waals surface area contributed by atoms with Crippen LogP contribution in [-0.4, -0.2) is 18.2 Å². The van der Waals surface area contributed by atoms with Crippen molar-refractivity contribution in [2.75, 3.05) is 0 Å². The summed E-state index contributed by atoms with van der Waals surface area (Å²) in [6, 6.07) is 6.04. The van der Waals surface area contributed by atoms with Crippen LogP contribution in [-0.2, 0) is 22.4 Å². The first kappa shape index (κ1) is 20.9. The van der Waals surface area contributed by atoms with Crippen molar-refractivity contribution in [2.45, 2.75) is 17.2 Å². The molecule has 0 radical (unpaired) electrons. The topological polar surface area (TPSA) is 78.0 Å². The van der Waals surface area contributed by atoms with Gasteiger partial charge in [0.15, 0.2) is 0 Å². The number of primary sulfonamides is 1. The van der Waals surface area contributed by atoms with Gasteiger partial charge in [0.1, 0.15) is 4.90 Å². The largest absolute Gasteiger partial charge is 0.418 e. The molecular formula is C17H11F6N3O2S. The Labute approximate surface area is 160 Å². The summed E-state index contributed by atoms with van der Waals surface area (Å²) in [6.45, 7) is 0. The number of sulfonamides is 1. The molecule has 0 saturated heterocycles. The Morgan fingerprint density at radius 1 is 0.897 bits per heavy atom. The Hall–Kier alpha value is -2.86. The maximum atomic E-state index is 13.7. The lowest BCUT2D eigenvalue weighted by molar-refractivity contribution is -0.138. The zero-order chi connectivity index (χ0) is 21.6. The Bertz CT molecular complexity index is 1140. The fourth-order valence-corrected chi connectivity index (χ4v) is 3.46. The van der Waals surface area contributed by atoms with Gasteiger partial charge in [-0.2, -0.15) is 31.4 Å². The predicted octanol–water partition coefficient (Wildman–Crippen LogP) is 4.22. The third kappa shape index (κ3) is 4.27. The second kappa shape index (κ2) is 6.88. The molecule has 1 heterocycles. The van der Waals surface area contributed by atoms with Crippen LogP contribution in [0.25, 0.3) is 16.8 Å². The van der Waals surface area contributed by atoms with Crippen LogP contribution in [0.1, 0.15) is 11.1 Å². The molecule has 0 saturated carbocycles. The maximum absolute atomic E-state index is 13.7. The van der Waals surface area contributed by atoms with E-state index < -0.39 is 44.1 Å². The SMILES string of the molecule is NS(=O)(=O)c1cc(-c2ccc(C(F)(F)F)cc2)cc(C(F)(F)F)c1-n1cccn1. The van der Waals surface area contributed by atoms with Crippen molar-refractivity contribution < 1.29 is 34.8 Å². The Morgan fingerprint density at radius 2 is 1.52 bits per heavy atom. The van der Waals surface area contributed by atoms with Crippen LogP contribution in [0.4, 0.5) is 26.3 Å². The summed E-state index contributed by atoms with van der Waals surface area (Å²) < 4.78 is 104. The molecule has 1 aromatic heterocycles. The molecular weight excluding hydrogens is 424 g/mol. The number of nitrogens with two attached hydrogens (primary N) is 1. The lowest BCUT2D eigenvalue weighted by Gasteiger charge is -2.18. The van der Waals surface area contributed by atoms with Gasteiger partial charge in [0.25, 0.3) is 0 Å². The Kier molecular flexibility index (Phi) is 4.95. The average molecular weight is 435 g/mol.